The van der Waals surface area contributed by atoms with Gasteiger partial charge in [-0.1, -0.05) is 6.92 Å². The van der Waals surface area contributed by atoms with E-state index in [4.69, 9.17) is 0 Å². The molecule has 0 aromatic carbocycles. The van der Waals surface area contributed by atoms with E-state index < -0.39 is 0 Å². The van der Waals surface area contributed by atoms with Crippen molar-refractivity contribution in [3.8, 4) is 0 Å². The summed E-state index contributed by atoms with van der Waals surface area (Å²) in [6.45, 7) is 2.91. The van der Waals surface area contributed by atoms with Crippen molar-refractivity contribution in [3.63, 3.8) is 0 Å². The summed E-state index contributed by atoms with van der Waals surface area (Å²) in [7, 11) is 2.11. The molecule has 6 nitrogen and oxygen atoms in total. The van der Waals surface area contributed by atoms with Gasteiger partial charge in [0.05, 0.1) is 5.39 Å². The van der Waals surface area contributed by atoms with Gasteiger partial charge in [-0.2, -0.15) is 0 Å². The van der Waals surface area contributed by atoms with Crippen molar-refractivity contribution in [1.29, 1.82) is 0 Å². The van der Waals surface area contributed by atoms with E-state index in [0.717, 1.165) is 49.1 Å². The van der Waals surface area contributed by atoms with Crippen LogP contribution in [-0.4, -0.2) is 40.0 Å². The van der Waals surface area contributed by atoms with Crippen LogP contribution in [0.4, 0.5) is 5.82 Å². The molecule has 1 atom stereocenters. The molecular weight excluding hydrogens is 310 g/mol. The lowest BCUT2D eigenvalue weighted by molar-refractivity contribution is 0.294. The number of aromatic nitrogens is 3. The van der Waals surface area contributed by atoms with Crippen molar-refractivity contribution >= 4 is 28.5 Å². The number of rotatable bonds is 6. The summed E-state index contributed by atoms with van der Waals surface area (Å²) in [5, 5.41) is 4.42. The smallest absolute Gasteiger partial charge is 0.356 e. The normalized spacial score (nSPS) is 22.9. The van der Waals surface area contributed by atoms with Crippen LogP contribution in [-0.2, 0) is 15.9 Å². The molecule has 1 aliphatic rings. The van der Waals surface area contributed by atoms with Crippen LogP contribution >= 0.6 is 0 Å². The predicted molar refractivity (Wildman–Crippen MR) is 93.6 cm³/mol. The van der Waals surface area contributed by atoms with Gasteiger partial charge < -0.3 is 9.88 Å². The highest BCUT2D eigenvalue weighted by Crippen LogP contribution is 2.32. The van der Waals surface area contributed by atoms with Crippen molar-refractivity contribution in [2.75, 3.05) is 18.5 Å². The molecule has 124 valence electrons. The maximum atomic E-state index is 11.3. The van der Waals surface area contributed by atoms with Crippen molar-refractivity contribution < 1.29 is 4.21 Å². The Kier molecular flexibility index (Phi) is 5.17. The number of aromatic amines is 1. The zero-order valence-electron chi connectivity index (χ0n) is 13.7. The zero-order chi connectivity index (χ0) is 16.2. The number of anilines is 1. The minimum atomic E-state index is 0.0432. The van der Waals surface area contributed by atoms with E-state index in [9.17, 15) is 4.21 Å². The van der Waals surface area contributed by atoms with Gasteiger partial charge in [0, 0.05) is 29.4 Å². The Hall–Kier alpha value is -1.60. The second-order valence-electron chi connectivity index (χ2n) is 6.19. The molecular formula is C16H24N5OS+. The Morgan fingerprint density at radius 1 is 1.39 bits per heavy atom. The van der Waals surface area contributed by atoms with Crippen molar-refractivity contribution in [3.05, 3.63) is 18.6 Å². The molecule has 0 bridgehead atoms. The molecule has 0 aliphatic heterocycles. The fourth-order valence-corrected chi connectivity index (χ4v) is 4.25. The Bertz CT molecular complexity index is 653. The third-order valence-electron chi connectivity index (χ3n) is 4.89. The second kappa shape index (κ2) is 7.31. The Morgan fingerprint density at radius 3 is 2.87 bits per heavy atom. The number of hydrogen-bond acceptors (Lipinski definition) is 5. The van der Waals surface area contributed by atoms with Gasteiger partial charge in [-0.25, -0.2) is 9.97 Å². The summed E-state index contributed by atoms with van der Waals surface area (Å²) in [5.74, 6) is 1.46. The topological polar surface area (TPSA) is 73.9 Å². The average Bonchev–Trinajstić information content (AvgIpc) is 3.08. The SMILES string of the molecule is CCNC([S+]=O)C1CCC(N(C)c2ncnc3[nH]ccc23)CC1. The first kappa shape index (κ1) is 16.3. The van der Waals surface area contributed by atoms with Gasteiger partial charge in [-0.05, 0) is 38.3 Å². The molecule has 7 heteroatoms. The van der Waals surface area contributed by atoms with E-state index in [-0.39, 0.29) is 5.37 Å². The lowest BCUT2D eigenvalue weighted by Crippen LogP contribution is -2.42. The lowest BCUT2D eigenvalue weighted by Gasteiger charge is -2.35. The summed E-state index contributed by atoms with van der Waals surface area (Å²) in [4.78, 5) is 14.2. The van der Waals surface area contributed by atoms with Crippen LogP contribution in [0.15, 0.2) is 18.6 Å². The monoisotopic (exact) mass is 334 g/mol. The fourth-order valence-electron chi connectivity index (χ4n) is 3.58. The molecule has 23 heavy (non-hydrogen) atoms. The number of nitrogens with one attached hydrogen (secondary N) is 2. The highest BCUT2D eigenvalue weighted by molar-refractivity contribution is 7.66. The van der Waals surface area contributed by atoms with Crippen LogP contribution in [0.5, 0.6) is 0 Å². The van der Waals surface area contributed by atoms with Crippen LogP contribution in [0.2, 0.25) is 0 Å². The fraction of sp³-hybridized carbons (Fsp3) is 0.625. The number of hydrogen-bond donors (Lipinski definition) is 2. The Balaban J connectivity index is 1.67. The molecule has 1 saturated carbocycles. The van der Waals surface area contributed by atoms with E-state index >= 15 is 0 Å². The third-order valence-corrected chi connectivity index (χ3v) is 5.65. The maximum absolute atomic E-state index is 11.3. The molecule has 0 saturated heterocycles. The minimum Gasteiger partial charge on any atom is -0.356 e. The average molecular weight is 334 g/mol. The molecule has 2 heterocycles. The van der Waals surface area contributed by atoms with Gasteiger partial charge in [0.1, 0.15) is 17.8 Å². The number of H-pyrrole nitrogens is 1. The molecule has 1 aliphatic carbocycles. The van der Waals surface area contributed by atoms with Gasteiger partial charge in [0.15, 0.2) is 0 Å². The van der Waals surface area contributed by atoms with Crippen LogP contribution in [0.25, 0.3) is 11.0 Å². The van der Waals surface area contributed by atoms with Gasteiger partial charge in [0.2, 0.25) is 0 Å². The molecule has 1 fully saturated rings. The highest BCUT2D eigenvalue weighted by atomic mass is 32.1. The maximum Gasteiger partial charge on any atom is 0.479 e. The van der Waals surface area contributed by atoms with E-state index in [1.165, 1.54) is 0 Å². The van der Waals surface area contributed by atoms with E-state index in [1.54, 1.807) is 6.33 Å². The van der Waals surface area contributed by atoms with E-state index in [0.29, 0.717) is 23.6 Å². The van der Waals surface area contributed by atoms with Gasteiger partial charge in [-0.15, -0.1) is 0 Å². The molecule has 1 unspecified atom stereocenters. The van der Waals surface area contributed by atoms with Gasteiger partial charge in [0.25, 0.3) is 5.37 Å². The first-order valence-electron chi connectivity index (χ1n) is 8.27. The molecule has 2 aromatic rings. The van der Waals surface area contributed by atoms with E-state index in [1.807, 2.05) is 12.3 Å². The molecule has 0 radical (unpaired) electrons. The Labute approximate surface area is 140 Å². The molecule has 3 rings (SSSR count). The number of fused-ring (bicyclic) bond motifs is 1. The largest absolute Gasteiger partial charge is 0.479 e. The summed E-state index contributed by atoms with van der Waals surface area (Å²) in [6, 6.07) is 2.50. The summed E-state index contributed by atoms with van der Waals surface area (Å²) < 4.78 is 11.3. The molecule has 0 spiro atoms. The quantitative estimate of drug-likeness (QED) is 0.626. The standard InChI is InChI=1S/C16H24N5OS/c1-3-17-16(23-22)11-4-6-12(7-5-11)21(2)15-13-8-9-18-14(13)19-10-20-15/h8-12,16-17H,3-7H2,1-2H3,(H,18,19,20)/q+1. The lowest BCUT2D eigenvalue weighted by atomic mass is 9.85. The van der Waals surface area contributed by atoms with Gasteiger partial charge in [-0.3, -0.25) is 5.32 Å². The summed E-state index contributed by atoms with van der Waals surface area (Å²) in [5.41, 5.74) is 0.880. The molecule has 2 aromatic heterocycles. The second-order valence-corrected chi connectivity index (χ2v) is 6.89. The van der Waals surface area contributed by atoms with Gasteiger partial charge >= 0.3 is 11.7 Å². The van der Waals surface area contributed by atoms with E-state index in [2.05, 4.69) is 39.1 Å². The summed E-state index contributed by atoms with van der Waals surface area (Å²) >= 11 is 0.711. The molecule has 0 amide bonds. The van der Waals surface area contributed by atoms with Crippen molar-refractivity contribution in [2.24, 2.45) is 5.92 Å². The van der Waals surface area contributed by atoms with Crippen molar-refractivity contribution in [1.82, 2.24) is 20.3 Å². The van der Waals surface area contributed by atoms with Crippen LogP contribution in [0.3, 0.4) is 0 Å². The van der Waals surface area contributed by atoms with Crippen molar-refractivity contribution in [2.45, 2.75) is 44.0 Å². The highest BCUT2D eigenvalue weighted by Gasteiger charge is 2.36. The van der Waals surface area contributed by atoms with Crippen LogP contribution in [0.1, 0.15) is 32.6 Å². The first-order valence-corrected chi connectivity index (χ1v) is 9.08. The third kappa shape index (κ3) is 3.35. The number of nitrogens with zero attached hydrogens (tertiary/aromatic N) is 3. The van der Waals surface area contributed by atoms with Crippen LogP contribution in [0, 0.1) is 5.92 Å². The first-order chi connectivity index (χ1) is 11.2. The predicted octanol–water partition coefficient (Wildman–Crippen LogP) is 2.32. The zero-order valence-corrected chi connectivity index (χ0v) is 14.5. The minimum absolute atomic E-state index is 0.0432. The Morgan fingerprint density at radius 2 is 2.17 bits per heavy atom. The summed E-state index contributed by atoms with van der Waals surface area (Å²) in [6.07, 6.45) is 7.89. The van der Waals surface area contributed by atoms with Crippen LogP contribution < -0.4 is 10.2 Å². The molecule has 2 N–H and O–H groups in total.